The van der Waals surface area contributed by atoms with Crippen LogP contribution in [0.5, 0.6) is 5.75 Å². The van der Waals surface area contributed by atoms with Gasteiger partial charge in [-0.05, 0) is 11.6 Å². The molecule has 6 heteroatoms. The number of para-hydroxylation sites is 1. The summed E-state index contributed by atoms with van der Waals surface area (Å²) >= 11 is 0. The number of hydrogen-bond donors (Lipinski definition) is 2. The summed E-state index contributed by atoms with van der Waals surface area (Å²) in [6, 6.07) is 18.8. The number of rotatable bonds is 4. The van der Waals surface area contributed by atoms with Gasteiger partial charge in [-0.25, -0.2) is 4.79 Å². The minimum atomic E-state index is -1.32. The molecule has 0 spiro atoms. The zero-order chi connectivity index (χ0) is 17.4. The van der Waals surface area contributed by atoms with Crippen LogP contribution < -0.4 is 0 Å². The third-order valence-electron chi connectivity index (χ3n) is 3.97. The van der Waals surface area contributed by atoms with E-state index in [9.17, 15) is 9.90 Å². The molecule has 4 rings (SSSR count). The highest BCUT2D eigenvalue weighted by atomic mass is 16.4. The van der Waals surface area contributed by atoms with Gasteiger partial charge in [0.25, 0.3) is 5.76 Å². The summed E-state index contributed by atoms with van der Waals surface area (Å²) in [6.45, 7) is 0.569. The second-order valence-corrected chi connectivity index (χ2v) is 5.64. The Morgan fingerprint density at radius 1 is 1.08 bits per heavy atom. The Balaban J connectivity index is 1.85. The predicted molar refractivity (Wildman–Crippen MR) is 91.6 cm³/mol. The number of carbonyl (C=O) groups is 1. The van der Waals surface area contributed by atoms with E-state index < -0.39 is 17.5 Å². The second kappa shape index (κ2) is 5.83. The Labute approximate surface area is 142 Å². The first kappa shape index (κ1) is 15.0. The predicted octanol–water partition coefficient (Wildman–Crippen LogP) is 3.75. The van der Waals surface area contributed by atoms with Gasteiger partial charge in [-0.1, -0.05) is 48.5 Å². The largest absolute Gasteiger partial charge is 0.504 e. The molecule has 0 saturated heterocycles. The van der Waals surface area contributed by atoms with Gasteiger partial charge in [-0.2, -0.15) is 5.10 Å². The zero-order valence-electron chi connectivity index (χ0n) is 13.1. The molecular weight excluding hydrogens is 320 g/mol. The lowest BCUT2D eigenvalue weighted by Crippen LogP contribution is -2.01. The third kappa shape index (κ3) is 2.63. The summed E-state index contributed by atoms with van der Waals surface area (Å²) in [4.78, 5) is 11.1. The molecule has 0 saturated carbocycles. The van der Waals surface area contributed by atoms with Crippen LogP contribution in [0.3, 0.4) is 0 Å². The second-order valence-electron chi connectivity index (χ2n) is 5.64. The van der Waals surface area contributed by atoms with Crippen molar-refractivity contribution >= 4 is 16.9 Å². The highest BCUT2D eigenvalue weighted by molar-refractivity contribution is 5.94. The first-order chi connectivity index (χ1) is 12.1. The van der Waals surface area contributed by atoms with E-state index >= 15 is 0 Å². The van der Waals surface area contributed by atoms with Crippen molar-refractivity contribution in [1.82, 2.24) is 9.78 Å². The Kier molecular flexibility index (Phi) is 3.50. The lowest BCUT2D eigenvalue weighted by Gasteiger charge is -2.03. The SMILES string of the molecule is O=C(O)c1oc(-c2nn(Cc3ccccc3)c3ccccc23)cc1O. The topological polar surface area (TPSA) is 88.5 Å². The van der Waals surface area contributed by atoms with Gasteiger partial charge in [-0.3, -0.25) is 4.68 Å². The third-order valence-corrected chi connectivity index (χ3v) is 3.97. The molecular formula is C19H14N2O4. The normalized spacial score (nSPS) is 11.0. The molecule has 0 aliphatic heterocycles. The number of carboxylic acid groups (broad SMARTS) is 1. The summed E-state index contributed by atoms with van der Waals surface area (Å²) in [6.07, 6.45) is 0. The lowest BCUT2D eigenvalue weighted by atomic mass is 10.2. The number of aromatic hydroxyl groups is 1. The number of furan rings is 1. The van der Waals surface area contributed by atoms with Crippen molar-refractivity contribution in [1.29, 1.82) is 0 Å². The molecule has 0 fully saturated rings. The first-order valence-corrected chi connectivity index (χ1v) is 7.69. The van der Waals surface area contributed by atoms with E-state index in [2.05, 4.69) is 5.10 Å². The van der Waals surface area contributed by atoms with Crippen molar-refractivity contribution in [2.75, 3.05) is 0 Å². The number of nitrogens with zero attached hydrogens (tertiary/aromatic N) is 2. The summed E-state index contributed by atoms with van der Waals surface area (Å²) < 4.78 is 7.14. The van der Waals surface area contributed by atoms with Crippen LogP contribution in [0.1, 0.15) is 16.1 Å². The average molecular weight is 334 g/mol. The molecule has 2 N–H and O–H groups in total. The van der Waals surface area contributed by atoms with E-state index in [4.69, 9.17) is 9.52 Å². The Morgan fingerprint density at radius 3 is 2.52 bits per heavy atom. The zero-order valence-corrected chi connectivity index (χ0v) is 13.1. The number of benzene rings is 2. The van der Waals surface area contributed by atoms with Crippen LogP contribution in [0.15, 0.2) is 65.1 Å². The van der Waals surface area contributed by atoms with Crippen LogP contribution in [0.4, 0.5) is 0 Å². The van der Waals surface area contributed by atoms with Crippen LogP contribution in [0, 0.1) is 0 Å². The van der Waals surface area contributed by atoms with E-state index in [0.29, 0.717) is 12.2 Å². The van der Waals surface area contributed by atoms with E-state index in [1.54, 1.807) is 0 Å². The summed E-state index contributed by atoms with van der Waals surface area (Å²) in [7, 11) is 0. The highest BCUT2D eigenvalue weighted by Crippen LogP contribution is 2.34. The van der Waals surface area contributed by atoms with Crippen molar-refractivity contribution in [3.05, 3.63) is 72.0 Å². The van der Waals surface area contributed by atoms with Gasteiger partial charge in [0.05, 0.1) is 12.1 Å². The number of carboxylic acids is 1. The van der Waals surface area contributed by atoms with Crippen molar-refractivity contribution < 1.29 is 19.4 Å². The molecule has 2 heterocycles. The standard InChI is InChI=1S/C19H14N2O4/c22-15-10-16(25-18(15)19(23)24)17-13-8-4-5-9-14(13)21(20-17)11-12-6-2-1-3-7-12/h1-10,22H,11H2,(H,23,24). The molecule has 6 nitrogen and oxygen atoms in total. The van der Waals surface area contributed by atoms with Crippen molar-refractivity contribution in [2.24, 2.45) is 0 Å². The Bertz CT molecular complexity index is 1060. The number of aromatic carboxylic acids is 1. The fourth-order valence-corrected chi connectivity index (χ4v) is 2.84. The van der Waals surface area contributed by atoms with E-state index in [0.717, 1.165) is 16.5 Å². The Hall–Kier alpha value is -3.54. The van der Waals surface area contributed by atoms with Gasteiger partial charge in [0.2, 0.25) is 0 Å². The van der Waals surface area contributed by atoms with E-state index in [-0.39, 0.29) is 5.76 Å². The lowest BCUT2D eigenvalue weighted by molar-refractivity contribution is 0.0659. The molecule has 2 aromatic carbocycles. The number of fused-ring (bicyclic) bond motifs is 1. The molecule has 0 aliphatic rings. The van der Waals surface area contributed by atoms with E-state index in [1.165, 1.54) is 6.07 Å². The Morgan fingerprint density at radius 2 is 1.80 bits per heavy atom. The van der Waals surface area contributed by atoms with E-state index in [1.807, 2.05) is 59.3 Å². The van der Waals surface area contributed by atoms with Crippen LogP contribution >= 0.6 is 0 Å². The molecule has 25 heavy (non-hydrogen) atoms. The maximum Gasteiger partial charge on any atom is 0.375 e. The molecule has 4 aromatic rings. The molecule has 0 bridgehead atoms. The fraction of sp³-hybridized carbons (Fsp3) is 0.0526. The van der Waals surface area contributed by atoms with Crippen LogP contribution in [-0.4, -0.2) is 26.0 Å². The van der Waals surface area contributed by atoms with Crippen LogP contribution in [0.2, 0.25) is 0 Å². The van der Waals surface area contributed by atoms with Gasteiger partial charge in [0, 0.05) is 11.5 Å². The fourth-order valence-electron chi connectivity index (χ4n) is 2.84. The number of hydrogen-bond acceptors (Lipinski definition) is 4. The minimum Gasteiger partial charge on any atom is -0.504 e. The molecule has 0 radical (unpaired) electrons. The van der Waals surface area contributed by atoms with Crippen molar-refractivity contribution in [2.45, 2.75) is 6.54 Å². The maximum atomic E-state index is 11.1. The smallest absolute Gasteiger partial charge is 0.375 e. The van der Waals surface area contributed by atoms with Gasteiger partial charge in [-0.15, -0.1) is 0 Å². The van der Waals surface area contributed by atoms with Gasteiger partial charge in [0.15, 0.2) is 11.5 Å². The van der Waals surface area contributed by atoms with Gasteiger partial charge in [0.1, 0.15) is 5.69 Å². The first-order valence-electron chi connectivity index (χ1n) is 7.69. The molecule has 0 aliphatic carbocycles. The molecule has 124 valence electrons. The van der Waals surface area contributed by atoms with Crippen LogP contribution in [-0.2, 0) is 6.54 Å². The summed E-state index contributed by atoms with van der Waals surface area (Å²) in [5.74, 6) is -2.00. The van der Waals surface area contributed by atoms with Crippen LogP contribution in [0.25, 0.3) is 22.4 Å². The van der Waals surface area contributed by atoms with Gasteiger partial charge < -0.3 is 14.6 Å². The molecule has 0 unspecified atom stereocenters. The molecule has 2 aromatic heterocycles. The van der Waals surface area contributed by atoms with Gasteiger partial charge >= 0.3 is 5.97 Å². The maximum absolute atomic E-state index is 11.1. The van der Waals surface area contributed by atoms with Crippen molar-refractivity contribution in [3.8, 4) is 17.2 Å². The summed E-state index contributed by atoms with van der Waals surface area (Å²) in [5.41, 5.74) is 2.49. The summed E-state index contributed by atoms with van der Waals surface area (Å²) in [5, 5.41) is 24.2. The molecule has 0 atom stereocenters. The monoisotopic (exact) mass is 334 g/mol. The average Bonchev–Trinajstić information content (AvgIpc) is 3.17. The molecule has 0 amide bonds. The minimum absolute atomic E-state index is 0.220. The number of aromatic nitrogens is 2. The van der Waals surface area contributed by atoms with Crippen molar-refractivity contribution in [3.63, 3.8) is 0 Å². The quantitative estimate of drug-likeness (QED) is 0.593. The highest BCUT2D eigenvalue weighted by Gasteiger charge is 2.21.